The van der Waals surface area contributed by atoms with E-state index in [9.17, 15) is 14.4 Å². The summed E-state index contributed by atoms with van der Waals surface area (Å²) in [5.41, 5.74) is 1.11. The van der Waals surface area contributed by atoms with Crippen molar-refractivity contribution >= 4 is 29.2 Å². The fourth-order valence-electron chi connectivity index (χ4n) is 4.25. The Bertz CT molecular complexity index is 926. The summed E-state index contributed by atoms with van der Waals surface area (Å²) in [6.45, 7) is 1.69. The van der Waals surface area contributed by atoms with Gasteiger partial charge in [-0.3, -0.25) is 14.5 Å². The molecular weight excluding hydrogens is 386 g/mol. The molecule has 6 nitrogen and oxygen atoms in total. The number of benzene rings is 1. The van der Waals surface area contributed by atoms with Gasteiger partial charge in [0.05, 0.1) is 0 Å². The highest BCUT2D eigenvalue weighted by atomic mass is 32.1. The van der Waals surface area contributed by atoms with E-state index < -0.39 is 11.6 Å². The Morgan fingerprint density at radius 1 is 1.28 bits per heavy atom. The Kier molecular flexibility index (Phi) is 5.41. The number of thiophene rings is 1. The third-order valence-electron chi connectivity index (χ3n) is 5.75. The summed E-state index contributed by atoms with van der Waals surface area (Å²) < 4.78 is 0. The van der Waals surface area contributed by atoms with Crippen molar-refractivity contribution in [2.24, 2.45) is 0 Å². The van der Waals surface area contributed by atoms with Crippen molar-refractivity contribution in [3.05, 3.63) is 57.8 Å². The van der Waals surface area contributed by atoms with Gasteiger partial charge in [0.2, 0.25) is 5.91 Å². The highest BCUT2D eigenvalue weighted by Gasteiger charge is 2.54. The van der Waals surface area contributed by atoms with Gasteiger partial charge < -0.3 is 10.6 Å². The van der Waals surface area contributed by atoms with E-state index in [1.165, 1.54) is 5.56 Å². The summed E-state index contributed by atoms with van der Waals surface area (Å²) in [5.74, 6) is -0.624. The van der Waals surface area contributed by atoms with E-state index in [4.69, 9.17) is 0 Å². The third-order valence-corrected chi connectivity index (χ3v) is 6.74. The Morgan fingerprint density at radius 2 is 2.07 bits per heavy atom. The van der Waals surface area contributed by atoms with E-state index in [0.717, 1.165) is 41.0 Å². The number of nitrogens with zero attached hydrogens (tertiary/aromatic N) is 1. The molecule has 4 amide bonds. The summed E-state index contributed by atoms with van der Waals surface area (Å²) in [4.78, 5) is 40.4. The first-order valence-electron chi connectivity index (χ1n) is 10.0. The molecule has 2 aromatic rings. The fraction of sp³-hybridized carbons (Fsp3) is 0.409. The largest absolute Gasteiger partial charge is 0.352 e. The Hall–Kier alpha value is -2.67. The molecule has 2 aliphatic rings. The predicted molar refractivity (Wildman–Crippen MR) is 112 cm³/mol. The molecular formula is C22H25N3O3S. The van der Waals surface area contributed by atoms with E-state index in [0.29, 0.717) is 6.42 Å². The van der Waals surface area contributed by atoms with Crippen LogP contribution in [-0.4, -0.2) is 35.3 Å². The zero-order valence-corrected chi connectivity index (χ0v) is 17.3. The normalized spacial score (nSPS) is 21.8. The minimum Gasteiger partial charge on any atom is -0.352 e. The summed E-state index contributed by atoms with van der Waals surface area (Å²) in [7, 11) is 0. The second-order valence-corrected chi connectivity index (χ2v) is 8.83. The van der Waals surface area contributed by atoms with Crippen molar-refractivity contribution in [1.29, 1.82) is 0 Å². The van der Waals surface area contributed by atoms with Gasteiger partial charge in [0.1, 0.15) is 12.1 Å². The van der Waals surface area contributed by atoms with Crippen molar-refractivity contribution in [2.75, 3.05) is 6.54 Å². The number of amides is 4. The number of carbonyl (C=O) groups is 3. The minimum atomic E-state index is -0.996. The topological polar surface area (TPSA) is 78.5 Å². The van der Waals surface area contributed by atoms with E-state index in [1.807, 2.05) is 36.6 Å². The fourth-order valence-corrected chi connectivity index (χ4v) is 5.25. The molecule has 2 atom stereocenters. The molecule has 1 aliphatic carbocycles. The first-order valence-corrected chi connectivity index (χ1v) is 10.9. The monoisotopic (exact) mass is 411 g/mol. The maximum Gasteiger partial charge on any atom is 0.325 e. The van der Waals surface area contributed by atoms with Crippen LogP contribution < -0.4 is 10.6 Å². The van der Waals surface area contributed by atoms with Gasteiger partial charge in [-0.05, 0) is 56.0 Å². The van der Waals surface area contributed by atoms with E-state index in [-0.39, 0.29) is 24.4 Å². The molecule has 2 N–H and O–H groups in total. The Labute approximate surface area is 174 Å². The molecule has 1 aliphatic heterocycles. The molecule has 7 heteroatoms. The van der Waals surface area contributed by atoms with E-state index >= 15 is 0 Å². The van der Waals surface area contributed by atoms with Crippen LogP contribution in [0.5, 0.6) is 0 Å². The molecule has 1 fully saturated rings. The minimum absolute atomic E-state index is 0.0458. The highest BCUT2D eigenvalue weighted by Crippen LogP contribution is 2.41. The highest BCUT2D eigenvalue weighted by molar-refractivity contribution is 7.10. The number of imide groups is 1. The molecule has 1 spiro atoms. The van der Waals surface area contributed by atoms with Crippen LogP contribution in [0.2, 0.25) is 0 Å². The van der Waals surface area contributed by atoms with Gasteiger partial charge in [-0.25, -0.2) is 4.79 Å². The van der Waals surface area contributed by atoms with Crippen LogP contribution in [0.15, 0.2) is 41.8 Å². The van der Waals surface area contributed by atoms with Crippen molar-refractivity contribution < 1.29 is 14.4 Å². The van der Waals surface area contributed by atoms with Crippen LogP contribution in [0.4, 0.5) is 4.79 Å². The van der Waals surface area contributed by atoms with Crippen molar-refractivity contribution in [3.8, 4) is 0 Å². The van der Waals surface area contributed by atoms with Crippen LogP contribution in [0.25, 0.3) is 0 Å². The number of aryl methyl sites for hydroxylation is 2. The number of carbonyl (C=O) groups excluding carboxylic acids is 3. The molecule has 0 bridgehead atoms. The average Bonchev–Trinajstić information content (AvgIpc) is 3.28. The maximum atomic E-state index is 13.2. The lowest BCUT2D eigenvalue weighted by Gasteiger charge is -2.31. The van der Waals surface area contributed by atoms with Gasteiger partial charge in [0.25, 0.3) is 5.91 Å². The molecule has 0 unspecified atom stereocenters. The first-order chi connectivity index (χ1) is 14.0. The summed E-state index contributed by atoms with van der Waals surface area (Å²) in [6, 6.07) is 11.5. The number of urea groups is 1. The second kappa shape index (κ2) is 7.99. The van der Waals surface area contributed by atoms with Crippen molar-refractivity contribution in [2.45, 2.75) is 50.6 Å². The molecule has 29 heavy (non-hydrogen) atoms. The predicted octanol–water partition coefficient (Wildman–Crippen LogP) is 2.97. The number of rotatable bonds is 6. The van der Waals surface area contributed by atoms with Crippen molar-refractivity contribution in [1.82, 2.24) is 15.5 Å². The second-order valence-electron chi connectivity index (χ2n) is 7.83. The zero-order valence-electron chi connectivity index (χ0n) is 16.4. The molecule has 0 radical (unpaired) electrons. The van der Waals surface area contributed by atoms with Crippen LogP contribution in [0.1, 0.15) is 42.2 Å². The van der Waals surface area contributed by atoms with Crippen LogP contribution >= 0.6 is 11.3 Å². The lowest BCUT2D eigenvalue weighted by molar-refractivity contribution is -0.135. The lowest BCUT2D eigenvalue weighted by atomic mass is 9.80. The smallest absolute Gasteiger partial charge is 0.325 e. The summed E-state index contributed by atoms with van der Waals surface area (Å²) in [5, 5.41) is 7.75. The lowest BCUT2D eigenvalue weighted by Crippen LogP contribution is -2.47. The van der Waals surface area contributed by atoms with Gasteiger partial charge in [-0.15, -0.1) is 11.3 Å². The van der Waals surface area contributed by atoms with E-state index in [2.05, 4.69) is 22.8 Å². The Balaban J connectivity index is 1.37. The molecule has 1 aromatic carbocycles. The standard InChI is InChI=1S/C22H25N3O3S/c1-15(9-10-16-6-3-2-4-7-16)23-19(26)14-25-20(27)22(24-21(25)28)12-5-8-18-17(22)11-13-29-18/h2-4,6-7,11,13,15H,5,8-10,12,14H2,1H3,(H,23,26)(H,24,28)/t15-,22+/m1/s1. The van der Waals surface area contributed by atoms with Crippen molar-refractivity contribution in [3.63, 3.8) is 0 Å². The van der Waals surface area contributed by atoms with E-state index in [1.54, 1.807) is 11.3 Å². The Morgan fingerprint density at radius 3 is 2.86 bits per heavy atom. The molecule has 1 saturated heterocycles. The number of nitrogens with one attached hydrogen (secondary N) is 2. The van der Waals surface area contributed by atoms with Gasteiger partial charge in [0, 0.05) is 16.5 Å². The van der Waals surface area contributed by atoms with Gasteiger partial charge in [-0.2, -0.15) is 0 Å². The number of hydrogen-bond donors (Lipinski definition) is 2. The van der Waals surface area contributed by atoms with Gasteiger partial charge >= 0.3 is 6.03 Å². The molecule has 4 rings (SSSR count). The van der Waals surface area contributed by atoms with Gasteiger partial charge in [-0.1, -0.05) is 30.3 Å². The molecule has 2 heterocycles. The summed E-state index contributed by atoms with van der Waals surface area (Å²) in [6.07, 6.45) is 3.99. The molecule has 0 saturated carbocycles. The number of hydrogen-bond acceptors (Lipinski definition) is 4. The average molecular weight is 412 g/mol. The first kappa shape index (κ1) is 19.6. The number of fused-ring (bicyclic) bond motifs is 2. The third kappa shape index (κ3) is 3.79. The van der Waals surface area contributed by atoms with Crippen LogP contribution in [0, 0.1) is 0 Å². The van der Waals surface area contributed by atoms with Crippen LogP contribution in [0.3, 0.4) is 0 Å². The zero-order chi connectivity index (χ0) is 20.4. The SMILES string of the molecule is C[C@H](CCc1ccccc1)NC(=O)CN1C(=O)N[C@]2(CCCc3sccc32)C1=O. The summed E-state index contributed by atoms with van der Waals surface area (Å²) >= 11 is 1.62. The molecule has 152 valence electrons. The maximum absolute atomic E-state index is 13.2. The van der Waals surface area contributed by atoms with Gasteiger partial charge in [0.15, 0.2) is 0 Å². The molecule has 1 aromatic heterocycles. The quantitative estimate of drug-likeness (QED) is 0.718. The van der Waals surface area contributed by atoms with Crippen LogP contribution in [-0.2, 0) is 28.0 Å².